The highest BCUT2D eigenvalue weighted by molar-refractivity contribution is 5.86. The Balaban J connectivity index is 3.96. The van der Waals surface area contributed by atoms with Crippen LogP contribution in [-0.4, -0.2) is 31.1 Å². The Morgan fingerprint density at radius 2 is 1.48 bits per heavy atom. The van der Waals surface area contributed by atoms with Crippen molar-refractivity contribution in [2.24, 2.45) is 5.92 Å². The molecule has 4 nitrogen and oxygen atoms in total. The number of carbonyl (C=O) groups is 3. The van der Waals surface area contributed by atoms with E-state index in [1.165, 1.54) is 0 Å². The number of hydrogen-bond donors (Lipinski definition) is 0. The van der Waals surface area contributed by atoms with Gasteiger partial charge in [-0.25, -0.2) is 0 Å². The number of ketones is 3. The minimum atomic E-state index is 0.0801. The van der Waals surface area contributed by atoms with Crippen LogP contribution in [-0.2, 0) is 19.1 Å². The molecule has 0 rings (SSSR count). The van der Waals surface area contributed by atoms with Crippen molar-refractivity contribution >= 4 is 17.3 Å². The molecule has 4 heteroatoms. The normalized spacial score (nSPS) is 12.1. The number of methoxy groups -OCH3 is 1. The third-order valence-corrected chi connectivity index (χ3v) is 3.71. The molecule has 0 aliphatic heterocycles. The van der Waals surface area contributed by atoms with Gasteiger partial charge in [-0.05, 0) is 12.3 Å². The van der Waals surface area contributed by atoms with Gasteiger partial charge < -0.3 is 4.74 Å². The van der Waals surface area contributed by atoms with Crippen molar-refractivity contribution in [1.29, 1.82) is 0 Å². The fourth-order valence-electron chi connectivity index (χ4n) is 2.33. The van der Waals surface area contributed by atoms with Crippen LogP contribution < -0.4 is 0 Å². The summed E-state index contributed by atoms with van der Waals surface area (Å²) in [5.41, 5.74) is 0. The minimum Gasteiger partial charge on any atom is -0.384 e. The molecule has 122 valence electrons. The molecule has 0 saturated carbocycles. The fraction of sp³-hybridized carbons (Fsp3) is 0.824. The SMILES string of the molecule is CCCC(CCC(=O)CCC(=O)CCOC)CC(=O)CC. The largest absolute Gasteiger partial charge is 0.384 e. The Labute approximate surface area is 128 Å². The molecule has 0 N–H and O–H groups in total. The molecule has 0 heterocycles. The van der Waals surface area contributed by atoms with Crippen LogP contribution in [0.5, 0.6) is 0 Å². The second-order valence-corrected chi connectivity index (χ2v) is 5.61. The highest BCUT2D eigenvalue weighted by atomic mass is 16.5. The number of hydrogen-bond acceptors (Lipinski definition) is 4. The number of Topliss-reactive ketones (excluding diaryl/α,β-unsaturated/α-hetero) is 3. The van der Waals surface area contributed by atoms with Crippen LogP contribution in [0.2, 0.25) is 0 Å². The van der Waals surface area contributed by atoms with Crippen molar-refractivity contribution in [3.05, 3.63) is 0 Å². The average Bonchev–Trinajstić information content (AvgIpc) is 2.48. The van der Waals surface area contributed by atoms with E-state index in [2.05, 4.69) is 6.92 Å². The topological polar surface area (TPSA) is 60.4 Å². The van der Waals surface area contributed by atoms with Gasteiger partial charge in [-0.1, -0.05) is 26.7 Å². The lowest BCUT2D eigenvalue weighted by atomic mass is 9.90. The number of rotatable bonds is 14. The molecule has 0 amide bonds. The maximum Gasteiger partial charge on any atom is 0.135 e. The molecule has 0 radical (unpaired) electrons. The molecular weight excluding hydrogens is 268 g/mol. The first kappa shape index (κ1) is 20.0. The molecule has 0 aromatic heterocycles. The van der Waals surface area contributed by atoms with E-state index in [1.807, 2.05) is 6.92 Å². The molecule has 0 saturated heterocycles. The summed E-state index contributed by atoms with van der Waals surface area (Å²) in [7, 11) is 1.56. The number of carbonyl (C=O) groups excluding carboxylic acids is 3. The highest BCUT2D eigenvalue weighted by Gasteiger charge is 2.14. The third kappa shape index (κ3) is 11.3. The van der Waals surface area contributed by atoms with E-state index in [9.17, 15) is 14.4 Å². The first-order valence-electron chi connectivity index (χ1n) is 8.07. The molecule has 1 atom stereocenters. The maximum absolute atomic E-state index is 11.8. The maximum atomic E-state index is 11.8. The van der Waals surface area contributed by atoms with E-state index < -0.39 is 0 Å². The lowest BCUT2D eigenvalue weighted by Crippen LogP contribution is -2.11. The van der Waals surface area contributed by atoms with Gasteiger partial charge in [0.2, 0.25) is 0 Å². The Morgan fingerprint density at radius 3 is 2.00 bits per heavy atom. The van der Waals surface area contributed by atoms with Crippen molar-refractivity contribution < 1.29 is 19.1 Å². The van der Waals surface area contributed by atoms with Crippen molar-refractivity contribution in [2.75, 3.05) is 13.7 Å². The van der Waals surface area contributed by atoms with Crippen LogP contribution in [0.15, 0.2) is 0 Å². The first-order valence-corrected chi connectivity index (χ1v) is 8.07. The molecule has 0 bridgehead atoms. The van der Waals surface area contributed by atoms with Crippen molar-refractivity contribution in [3.63, 3.8) is 0 Å². The summed E-state index contributed by atoms with van der Waals surface area (Å²) >= 11 is 0. The van der Waals surface area contributed by atoms with E-state index in [0.29, 0.717) is 51.0 Å². The summed E-state index contributed by atoms with van der Waals surface area (Å²) in [6.07, 6.45) is 5.46. The van der Waals surface area contributed by atoms with Crippen molar-refractivity contribution in [2.45, 2.75) is 71.6 Å². The van der Waals surface area contributed by atoms with Crippen LogP contribution >= 0.6 is 0 Å². The third-order valence-electron chi connectivity index (χ3n) is 3.71. The van der Waals surface area contributed by atoms with E-state index in [1.54, 1.807) is 7.11 Å². The van der Waals surface area contributed by atoms with E-state index in [-0.39, 0.29) is 17.3 Å². The van der Waals surface area contributed by atoms with Crippen LogP contribution in [0.3, 0.4) is 0 Å². The molecule has 21 heavy (non-hydrogen) atoms. The Kier molecular flexibility index (Phi) is 12.1. The summed E-state index contributed by atoms with van der Waals surface area (Å²) in [5.74, 6) is 0.800. The van der Waals surface area contributed by atoms with Crippen LogP contribution in [0, 0.1) is 5.92 Å². The molecule has 0 fully saturated rings. The lowest BCUT2D eigenvalue weighted by Gasteiger charge is -2.14. The smallest absolute Gasteiger partial charge is 0.135 e. The molecule has 0 aliphatic carbocycles. The molecule has 0 aliphatic rings. The summed E-state index contributed by atoms with van der Waals surface area (Å²) in [5, 5.41) is 0. The van der Waals surface area contributed by atoms with Crippen molar-refractivity contribution in [3.8, 4) is 0 Å². The monoisotopic (exact) mass is 298 g/mol. The van der Waals surface area contributed by atoms with Gasteiger partial charge >= 0.3 is 0 Å². The van der Waals surface area contributed by atoms with Gasteiger partial charge in [0, 0.05) is 45.6 Å². The van der Waals surface area contributed by atoms with Gasteiger partial charge in [-0.2, -0.15) is 0 Å². The van der Waals surface area contributed by atoms with Crippen LogP contribution in [0.4, 0.5) is 0 Å². The fourth-order valence-corrected chi connectivity index (χ4v) is 2.33. The van der Waals surface area contributed by atoms with Crippen LogP contribution in [0.25, 0.3) is 0 Å². The summed E-state index contributed by atoms with van der Waals surface area (Å²) < 4.78 is 4.84. The lowest BCUT2D eigenvalue weighted by molar-refractivity contribution is -0.125. The zero-order chi connectivity index (χ0) is 16.1. The average molecular weight is 298 g/mol. The summed E-state index contributed by atoms with van der Waals surface area (Å²) in [6, 6.07) is 0. The Hall–Kier alpha value is -1.03. The van der Waals surface area contributed by atoms with Gasteiger partial charge in [-0.3, -0.25) is 14.4 Å². The van der Waals surface area contributed by atoms with Crippen molar-refractivity contribution in [1.82, 2.24) is 0 Å². The van der Waals surface area contributed by atoms with E-state index in [0.717, 1.165) is 19.3 Å². The second-order valence-electron chi connectivity index (χ2n) is 5.61. The standard InChI is InChI=1S/C17H30O4/c1-4-6-14(13-15(18)5-2)7-8-16(19)9-10-17(20)11-12-21-3/h14H,4-13H2,1-3H3. The quantitative estimate of drug-likeness (QED) is 0.492. The zero-order valence-corrected chi connectivity index (χ0v) is 13.8. The van der Waals surface area contributed by atoms with Gasteiger partial charge in [0.05, 0.1) is 6.61 Å². The molecule has 0 spiro atoms. The molecule has 0 aromatic rings. The van der Waals surface area contributed by atoms with Crippen LogP contribution in [0.1, 0.15) is 71.6 Å². The van der Waals surface area contributed by atoms with Gasteiger partial charge in [0.1, 0.15) is 17.3 Å². The summed E-state index contributed by atoms with van der Waals surface area (Å²) in [4.78, 5) is 34.8. The number of ether oxygens (including phenoxy) is 1. The molecular formula is C17H30O4. The van der Waals surface area contributed by atoms with E-state index >= 15 is 0 Å². The van der Waals surface area contributed by atoms with Gasteiger partial charge in [0.15, 0.2) is 0 Å². The van der Waals surface area contributed by atoms with Gasteiger partial charge in [0.25, 0.3) is 0 Å². The van der Waals surface area contributed by atoms with Gasteiger partial charge in [-0.15, -0.1) is 0 Å². The second kappa shape index (κ2) is 12.7. The van der Waals surface area contributed by atoms with E-state index in [4.69, 9.17) is 4.74 Å². The Bertz CT molecular complexity index is 323. The Morgan fingerprint density at radius 1 is 0.857 bits per heavy atom. The molecule has 0 aromatic carbocycles. The predicted octanol–water partition coefficient (Wildman–Crippen LogP) is 3.51. The first-order chi connectivity index (χ1) is 10.0. The molecule has 1 unspecified atom stereocenters. The predicted molar refractivity (Wildman–Crippen MR) is 83.3 cm³/mol. The summed E-state index contributed by atoms with van der Waals surface area (Å²) in [6.45, 7) is 4.40. The minimum absolute atomic E-state index is 0.0801. The zero-order valence-electron chi connectivity index (χ0n) is 13.8. The highest BCUT2D eigenvalue weighted by Crippen LogP contribution is 2.19.